The van der Waals surface area contributed by atoms with Gasteiger partial charge in [0.1, 0.15) is 0 Å². The molecule has 0 aliphatic carbocycles. The van der Waals surface area contributed by atoms with Gasteiger partial charge < -0.3 is 4.90 Å². The van der Waals surface area contributed by atoms with Crippen molar-refractivity contribution in [2.24, 2.45) is 0 Å². The molecular formula is C17H21NO. The highest BCUT2D eigenvalue weighted by Crippen LogP contribution is 2.18. The fourth-order valence-electron chi connectivity index (χ4n) is 2.69. The Morgan fingerprint density at radius 2 is 1.79 bits per heavy atom. The Balaban J connectivity index is 2.21. The van der Waals surface area contributed by atoms with Crippen LogP contribution in [0.5, 0.6) is 0 Å². The van der Waals surface area contributed by atoms with Crippen molar-refractivity contribution in [3.8, 4) is 0 Å². The van der Waals surface area contributed by atoms with Gasteiger partial charge in [-0.15, -0.1) is 0 Å². The summed E-state index contributed by atoms with van der Waals surface area (Å²) in [5, 5.41) is 0. The molecule has 1 aliphatic heterocycles. The number of hydrogen-bond acceptors (Lipinski definition) is 2. The first-order valence-electron chi connectivity index (χ1n) is 6.71. The first kappa shape index (κ1) is 13.6. The maximum Gasteiger partial charge on any atom is 0.182 e. The van der Waals surface area contributed by atoms with Crippen molar-refractivity contribution >= 4 is 5.78 Å². The van der Waals surface area contributed by atoms with Crippen molar-refractivity contribution in [3.05, 3.63) is 58.8 Å². The highest BCUT2D eigenvalue weighted by molar-refractivity contribution is 6.00. The quantitative estimate of drug-likeness (QED) is 0.770. The van der Waals surface area contributed by atoms with Crippen molar-refractivity contribution in [2.45, 2.75) is 33.7 Å². The van der Waals surface area contributed by atoms with Crippen LogP contribution in [0.3, 0.4) is 0 Å². The molecule has 0 saturated carbocycles. The van der Waals surface area contributed by atoms with Gasteiger partial charge >= 0.3 is 0 Å². The monoisotopic (exact) mass is 255 g/mol. The molecule has 1 unspecified atom stereocenters. The summed E-state index contributed by atoms with van der Waals surface area (Å²) in [6, 6.07) is 4.44. The first-order valence-corrected chi connectivity index (χ1v) is 6.71. The third-order valence-corrected chi connectivity index (χ3v) is 3.58. The molecule has 0 amide bonds. The molecule has 0 N–H and O–H groups in total. The average Bonchev–Trinajstić information content (AvgIpc) is 2.30. The number of benzene rings is 1. The van der Waals surface area contributed by atoms with E-state index in [0.717, 1.165) is 16.7 Å². The molecule has 1 aromatic carbocycles. The second-order valence-electron chi connectivity index (χ2n) is 5.34. The molecule has 1 heterocycles. The van der Waals surface area contributed by atoms with Crippen LogP contribution in [0.2, 0.25) is 0 Å². The van der Waals surface area contributed by atoms with E-state index in [1.165, 1.54) is 5.56 Å². The van der Waals surface area contributed by atoms with Gasteiger partial charge in [-0.05, 0) is 44.9 Å². The van der Waals surface area contributed by atoms with E-state index in [4.69, 9.17) is 0 Å². The third kappa shape index (κ3) is 2.95. The fourth-order valence-corrected chi connectivity index (χ4v) is 2.69. The summed E-state index contributed by atoms with van der Waals surface area (Å²) in [6.45, 7) is 8.63. The molecule has 0 bridgehead atoms. The maximum absolute atomic E-state index is 12.5. The van der Waals surface area contributed by atoms with Gasteiger partial charge in [-0.3, -0.25) is 4.79 Å². The fraction of sp³-hybridized carbons (Fsp3) is 0.353. The van der Waals surface area contributed by atoms with Crippen LogP contribution in [0.4, 0.5) is 0 Å². The number of carbonyl (C=O) groups excluding carboxylic acids is 1. The average molecular weight is 255 g/mol. The molecule has 1 aromatic rings. The van der Waals surface area contributed by atoms with Gasteiger partial charge in [0.15, 0.2) is 5.78 Å². The van der Waals surface area contributed by atoms with E-state index in [2.05, 4.69) is 37.0 Å². The van der Waals surface area contributed by atoms with Crippen molar-refractivity contribution in [3.63, 3.8) is 0 Å². The van der Waals surface area contributed by atoms with Crippen LogP contribution >= 0.6 is 0 Å². The third-order valence-electron chi connectivity index (χ3n) is 3.58. The highest BCUT2D eigenvalue weighted by atomic mass is 16.1. The molecule has 1 atom stereocenters. The number of allylic oxidation sites excluding steroid dienone is 2. The van der Waals surface area contributed by atoms with Gasteiger partial charge in [0.2, 0.25) is 0 Å². The molecule has 0 saturated heterocycles. The van der Waals surface area contributed by atoms with Gasteiger partial charge in [0.05, 0.1) is 6.54 Å². The van der Waals surface area contributed by atoms with Crippen LogP contribution in [0.25, 0.3) is 0 Å². The van der Waals surface area contributed by atoms with Gasteiger partial charge in [0.25, 0.3) is 0 Å². The number of rotatable bonds is 3. The summed E-state index contributed by atoms with van der Waals surface area (Å²) in [6.07, 6.45) is 8.08. The van der Waals surface area contributed by atoms with E-state index in [1.54, 1.807) is 0 Å². The largest absolute Gasteiger partial charge is 0.364 e. The Kier molecular flexibility index (Phi) is 3.89. The van der Waals surface area contributed by atoms with Crippen LogP contribution in [0.1, 0.15) is 34.0 Å². The molecular weight excluding hydrogens is 234 g/mol. The summed E-state index contributed by atoms with van der Waals surface area (Å²) in [4.78, 5) is 14.6. The summed E-state index contributed by atoms with van der Waals surface area (Å²) in [7, 11) is 0. The lowest BCUT2D eigenvalue weighted by atomic mass is 9.96. The predicted molar refractivity (Wildman–Crippen MR) is 79.4 cm³/mol. The predicted octanol–water partition coefficient (Wildman–Crippen LogP) is 3.57. The van der Waals surface area contributed by atoms with Crippen LogP contribution < -0.4 is 0 Å². The Morgan fingerprint density at radius 3 is 2.37 bits per heavy atom. The standard InChI is InChI=1S/C17H21NO/c1-12-9-13(2)17(14(3)10-12)16(19)11-18-8-6-5-7-15(18)4/h5-10,15H,11H2,1-4H3. The molecule has 1 aliphatic rings. The molecule has 0 radical (unpaired) electrons. The van der Waals surface area contributed by atoms with E-state index in [0.29, 0.717) is 6.54 Å². The lowest BCUT2D eigenvalue weighted by Gasteiger charge is -2.27. The van der Waals surface area contributed by atoms with Crippen LogP contribution in [0, 0.1) is 20.8 Å². The minimum atomic E-state index is 0.196. The smallest absolute Gasteiger partial charge is 0.182 e. The lowest BCUT2D eigenvalue weighted by Crippen LogP contribution is -2.33. The second-order valence-corrected chi connectivity index (χ2v) is 5.34. The van der Waals surface area contributed by atoms with E-state index in [1.807, 2.05) is 32.2 Å². The SMILES string of the molecule is Cc1cc(C)c(C(=O)CN2C=CC=CC2C)c(C)c1. The molecule has 100 valence electrons. The van der Waals surface area contributed by atoms with Crippen molar-refractivity contribution in [2.75, 3.05) is 6.54 Å². The van der Waals surface area contributed by atoms with Crippen molar-refractivity contribution < 1.29 is 4.79 Å². The topological polar surface area (TPSA) is 20.3 Å². The number of hydrogen-bond donors (Lipinski definition) is 0. The van der Waals surface area contributed by atoms with Gasteiger partial charge in [-0.25, -0.2) is 0 Å². The van der Waals surface area contributed by atoms with Crippen LogP contribution in [0.15, 0.2) is 36.6 Å². The Morgan fingerprint density at radius 1 is 1.16 bits per heavy atom. The van der Waals surface area contributed by atoms with E-state index in [9.17, 15) is 4.79 Å². The number of ketones is 1. The molecule has 2 rings (SSSR count). The van der Waals surface area contributed by atoms with Crippen molar-refractivity contribution in [1.29, 1.82) is 0 Å². The molecule has 2 heteroatoms. The summed E-state index contributed by atoms with van der Waals surface area (Å²) < 4.78 is 0. The number of aryl methyl sites for hydroxylation is 3. The summed E-state index contributed by atoms with van der Waals surface area (Å²) >= 11 is 0. The zero-order valence-electron chi connectivity index (χ0n) is 12.1. The normalized spacial score (nSPS) is 17.9. The Hall–Kier alpha value is -1.83. The summed E-state index contributed by atoms with van der Waals surface area (Å²) in [5.74, 6) is 0.196. The first-order chi connectivity index (χ1) is 8.99. The maximum atomic E-state index is 12.5. The van der Waals surface area contributed by atoms with Gasteiger partial charge in [0, 0.05) is 17.8 Å². The van der Waals surface area contributed by atoms with Gasteiger partial charge in [-0.2, -0.15) is 0 Å². The minimum absolute atomic E-state index is 0.196. The second kappa shape index (κ2) is 5.43. The summed E-state index contributed by atoms with van der Waals surface area (Å²) in [5.41, 5.74) is 4.24. The molecule has 0 fully saturated rings. The molecule has 0 spiro atoms. The molecule has 19 heavy (non-hydrogen) atoms. The van der Waals surface area contributed by atoms with E-state index >= 15 is 0 Å². The zero-order chi connectivity index (χ0) is 14.0. The number of Topliss-reactive ketones (excluding diaryl/α,β-unsaturated/α-hetero) is 1. The zero-order valence-corrected chi connectivity index (χ0v) is 12.1. The number of nitrogens with zero attached hydrogens (tertiary/aromatic N) is 1. The van der Waals surface area contributed by atoms with Crippen LogP contribution in [-0.4, -0.2) is 23.3 Å². The molecule has 2 nitrogen and oxygen atoms in total. The van der Waals surface area contributed by atoms with Gasteiger partial charge in [-0.1, -0.05) is 29.8 Å². The number of carbonyl (C=O) groups is 1. The van der Waals surface area contributed by atoms with E-state index < -0.39 is 0 Å². The van der Waals surface area contributed by atoms with Crippen LogP contribution in [-0.2, 0) is 0 Å². The molecule has 0 aromatic heterocycles. The lowest BCUT2D eigenvalue weighted by molar-refractivity contribution is 0.0945. The Labute approximate surface area is 115 Å². The van der Waals surface area contributed by atoms with E-state index in [-0.39, 0.29) is 11.8 Å². The Bertz CT molecular complexity index is 531. The minimum Gasteiger partial charge on any atom is -0.364 e. The highest BCUT2D eigenvalue weighted by Gasteiger charge is 2.18. The van der Waals surface area contributed by atoms with Crippen molar-refractivity contribution in [1.82, 2.24) is 4.90 Å².